The molecule has 2 aliphatic rings. The molecule has 2 fully saturated rings. The minimum Gasteiger partial charge on any atom is -0.481 e. The summed E-state index contributed by atoms with van der Waals surface area (Å²) in [6.45, 7) is 8.18. The van der Waals surface area contributed by atoms with E-state index in [4.69, 9.17) is 5.11 Å². The second-order valence-corrected chi connectivity index (χ2v) is 7.78. The van der Waals surface area contributed by atoms with Gasteiger partial charge in [-0.3, -0.25) is 4.79 Å². The molecule has 0 aliphatic carbocycles. The second kappa shape index (κ2) is 5.23. The molecule has 6 heteroatoms. The van der Waals surface area contributed by atoms with Gasteiger partial charge in [-0.25, -0.2) is 4.79 Å². The zero-order valence-corrected chi connectivity index (χ0v) is 12.6. The van der Waals surface area contributed by atoms with Crippen molar-refractivity contribution >= 4 is 23.8 Å². The molecule has 0 bridgehead atoms. The molecule has 0 saturated carbocycles. The Balaban J connectivity index is 2.02. The van der Waals surface area contributed by atoms with Gasteiger partial charge in [0.2, 0.25) is 0 Å². The Morgan fingerprint density at radius 1 is 1.32 bits per heavy atom. The van der Waals surface area contributed by atoms with E-state index in [1.54, 1.807) is 4.90 Å². The Kier molecular flexibility index (Phi) is 3.99. The molecule has 0 radical (unpaired) electrons. The predicted molar refractivity (Wildman–Crippen MR) is 75.4 cm³/mol. The normalized spacial score (nSPS) is 30.5. The Hall–Kier alpha value is -0.910. The maximum Gasteiger partial charge on any atom is 0.320 e. The average molecular weight is 286 g/mol. The number of hydrogen-bond acceptors (Lipinski definition) is 3. The van der Waals surface area contributed by atoms with Crippen molar-refractivity contribution in [2.45, 2.75) is 38.0 Å². The molecular weight excluding hydrogens is 264 g/mol. The number of urea groups is 1. The van der Waals surface area contributed by atoms with E-state index < -0.39 is 11.9 Å². The smallest absolute Gasteiger partial charge is 0.320 e. The van der Waals surface area contributed by atoms with Gasteiger partial charge in [-0.1, -0.05) is 0 Å². The van der Waals surface area contributed by atoms with Crippen LogP contribution in [0, 0.1) is 5.92 Å². The molecule has 2 rings (SSSR count). The van der Waals surface area contributed by atoms with E-state index in [1.165, 1.54) is 0 Å². The first-order valence-electron chi connectivity index (χ1n) is 6.74. The molecule has 0 aromatic rings. The van der Waals surface area contributed by atoms with Crippen molar-refractivity contribution in [2.75, 3.05) is 25.4 Å². The largest absolute Gasteiger partial charge is 0.481 e. The number of carbonyl (C=O) groups excluding carboxylic acids is 1. The van der Waals surface area contributed by atoms with Crippen LogP contribution >= 0.6 is 11.8 Å². The SMILES string of the molecule is CC1C(C(=O)O)CCN1C(=O)N1CCSC(C)(C)C1. The fourth-order valence-electron chi connectivity index (χ4n) is 2.90. The van der Waals surface area contributed by atoms with Gasteiger partial charge in [0, 0.05) is 36.2 Å². The van der Waals surface area contributed by atoms with Gasteiger partial charge in [-0.15, -0.1) is 0 Å². The van der Waals surface area contributed by atoms with Crippen molar-refractivity contribution in [1.29, 1.82) is 0 Å². The number of aliphatic carboxylic acids is 1. The highest BCUT2D eigenvalue weighted by atomic mass is 32.2. The van der Waals surface area contributed by atoms with Crippen LogP contribution in [-0.2, 0) is 4.79 Å². The molecule has 2 saturated heterocycles. The first-order valence-corrected chi connectivity index (χ1v) is 7.73. The summed E-state index contributed by atoms with van der Waals surface area (Å²) in [6.07, 6.45) is 0.564. The molecule has 19 heavy (non-hydrogen) atoms. The molecular formula is C13H22N2O3S. The minimum absolute atomic E-state index is 0.00428. The van der Waals surface area contributed by atoms with Crippen LogP contribution < -0.4 is 0 Å². The molecule has 0 aromatic heterocycles. The van der Waals surface area contributed by atoms with Crippen LogP contribution in [0.2, 0.25) is 0 Å². The standard InChI is InChI=1S/C13H22N2O3S/c1-9-10(11(16)17)4-5-15(9)12(18)14-6-7-19-13(2,3)8-14/h9-10H,4-8H2,1-3H3,(H,16,17). The number of nitrogens with zero attached hydrogens (tertiary/aromatic N) is 2. The maximum absolute atomic E-state index is 12.5. The van der Waals surface area contributed by atoms with Gasteiger partial charge in [0.25, 0.3) is 0 Å². The lowest BCUT2D eigenvalue weighted by Gasteiger charge is -2.40. The van der Waals surface area contributed by atoms with Gasteiger partial charge in [0.1, 0.15) is 0 Å². The summed E-state index contributed by atoms with van der Waals surface area (Å²) in [4.78, 5) is 27.2. The molecule has 5 nitrogen and oxygen atoms in total. The minimum atomic E-state index is -0.794. The lowest BCUT2D eigenvalue weighted by atomic mass is 10.0. The summed E-state index contributed by atoms with van der Waals surface area (Å²) in [5.74, 6) is -0.267. The van der Waals surface area contributed by atoms with Crippen molar-refractivity contribution in [2.24, 2.45) is 5.92 Å². The van der Waals surface area contributed by atoms with Crippen LogP contribution in [0.15, 0.2) is 0 Å². The number of carbonyl (C=O) groups is 2. The number of carboxylic acids is 1. The maximum atomic E-state index is 12.5. The predicted octanol–water partition coefficient (Wildman–Crippen LogP) is 1.73. The van der Waals surface area contributed by atoms with Gasteiger partial charge in [-0.2, -0.15) is 11.8 Å². The molecule has 2 heterocycles. The monoisotopic (exact) mass is 286 g/mol. The van der Waals surface area contributed by atoms with Gasteiger partial charge < -0.3 is 14.9 Å². The topological polar surface area (TPSA) is 60.9 Å². The van der Waals surface area contributed by atoms with E-state index in [0.717, 1.165) is 18.8 Å². The summed E-state index contributed by atoms with van der Waals surface area (Å²) < 4.78 is 0.0864. The van der Waals surface area contributed by atoms with Crippen molar-refractivity contribution < 1.29 is 14.7 Å². The Morgan fingerprint density at radius 2 is 2.00 bits per heavy atom. The summed E-state index contributed by atoms with van der Waals surface area (Å²) >= 11 is 1.88. The lowest BCUT2D eigenvalue weighted by molar-refractivity contribution is -0.142. The van der Waals surface area contributed by atoms with Gasteiger partial charge in [0.05, 0.1) is 5.92 Å². The average Bonchev–Trinajstić information content (AvgIpc) is 2.69. The van der Waals surface area contributed by atoms with Crippen LogP contribution in [0.25, 0.3) is 0 Å². The summed E-state index contributed by atoms with van der Waals surface area (Å²) in [5, 5.41) is 9.12. The third-order valence-corrected chi connectivity index (χ3v) is 5.31. The molecule has 2 aliphatic heterocycles. The first kappa shape index (κ1) is 14.5. The fraction of sp³-hybridized carbons (Fsp3) is 0.846. The molecule has 0 aromatic carbocycles. The van der Waals surface area contributed by atoms with Crippen molar-refractivity contribution in [3.05, 3.63) is 0 Å². The summed E-state index contributed by atoms with van der Waals surface area (Å²) in [6, 6.07) is -0.202. The van der Waals surface area contributed by atoms with Crippen LogP contribution in [0.5, 0.6) is 0 Å². The molecule has 0 spiro atoms. The lowest BCUT2D eigenvalue weighted by Crippen LogP contribution is -2.52. The third kappa shape index (κ3) is 2.99. The van der Waals surface area contributed by atoms with Crippen LogP contribution in [-0.4, -0.2) is 63.1 Å². The summed E-state index contributed by atoms with van der Waals surface area (Å²) in [7, 11) is 0. The zero-order valence-electron chi connectivity index (χ0n) is 11.8. The number of amides is 2. The highest BCUT2D eigenvalue weighted by Crippen LogP contribution is 2.32. The van der Waals surface area contributed by atoms with Crippen molar-refractivity contribution in [1.82, 2.24) is 9.80 Å². The summed E-state index contributed by atoms with van der Waals surface area (Å²) in [5.41, 5.74) is 0. The number of carboxylic acid groups (broad SMARTS) is 1. The van der Waals surface area contributed by atoms with E-state index >= 15 is 0 Å². The van der Waals surface area contributed by atoms with E-state index in [1.807, 2.05) is 23.6 Å². The number of rotatable bonds is 1. The van der Waals surface area contributed by atoms with Crippen molar-refractivity contribution in [3.8, 4) is 0 Å². The van der Waals surface area contributed by atoms with E-state index in [2.05, 4.69) is 13.8 Å². The third-order valence-electron chi connectivity index (χ3n) is 4.01. The molecule has 108 valence electrons. The molecule has 1 N–H and O–H groups in total. The van der Waals surface area contributed by atoms with Crippen LogP contribution in [0.4, 0.5) is 4.79 Å². The molecule has 2 unspecified atom stereocenters. The van der Waals surface area contributed by atoms with Crippen LogP contribution in [0.1, 0.15) is 27.2 Å². The quantitative estimate of drug-likeness (QED) is 0.797. The Morgan fingerprint density at radius 3 is 2.53 bits per heavy atom. The van der Waals surface area contributed by atoms with E-state index in [-0.39, 0.29) is 16.8 Å². The van der Waals surface area contributed by atoms with Gasteiger partial charge in [0.15, 0.2) is 0 Å². The van der Waals surface area contributed by atoms with E-state index in [9.17, 15) is 9.59 Å². The number of thioether (sulfide) groups is 1. The van der Waals surface area contributed by atoms with Gasteiger partial charge >= 0.3 is 12.0 Å². The zero-order chi connectivity index (χ0) is 14.2. The second-order valence-electron chi connectivity index (χ2n) is 5.98. The Bertz CT molecular complexity index is 386. The highest BCUT2D eigenvalue weighted by molar-refractivity contribution is 8.00. The number of likely N-dealkylation sites (tertiary alicyclic amines) is 1. The Labute approximate surface area is 118 Å². The van der Waals surface area contributed by atoms with Crippen LogP contribution in [0.3, 0.4) is 0 Å². The highest BCUT2D eigenvalue weighted by Gasteiger charge is 2.41. The fourth-order valence-corrected chi connectivity index (χ4v) is 4.01. The van der Waals surface area contributed by atoms with Gasteiger partial charge in [-0.05, 0) is 27.2 Å². The van der Waals surface area contributed by atoms with E-state index in [0.29, 0.717) is 13.0 Å². The van der Waals surface area contributed by atoms with Crippen molar-refractivity contribution in [3.63, 3.8) is 0 Å². The number of hydrogen-bond donors (Lipinski definition) is 1. The molecule has 2 amide bonds. The molecule has 2 atom stereocenters. The first-order chi connectivity index (χ1) is 8.82.